The minimum Gasteiger partial charge on any atom is -0.494 e. The predicted molar refractivity (Wildman–Crippen MR) is 162 cm³/mol. The lowest BCUT2D eigenvalue weighted by molar-refractivity contribution is 0.263. The first-order valence-corrected chi connectivity index (χ1v) is 14.4. The highest BCUT2D eigenvalue weighted by Crippen LogP contribution is 2.14. The minimum absolute atomic E-state index is 0.343. The van der Waals surface area contributed by atoms with Crippen LogP contribution in [-0.2, 0) is 9.47 Å². The van der Waals surface area contributed by atoms with Crippen molar-refractivity contribution in [3.63, 3.8) is 0 Å². The Labute approximate surface area is 237 Å². The number of epoxide rings is 2. The molecule has 2 heterocycles. The molecule has 5 heteroatoms. The first-order valence-electron chi connectivity index (χ1n) is 14.4. The molecule has 0 spiro atoms. The summed E-state index contributed by atoms with van der Waals surface area (Å²) >= 11 is 0. The Balaban J connectivity index is 0.000000265. The molecule has 2 aliphatic rings. The van der Waals surface area contributed by atoms with E-state index in [2.05, 4.69) is 34.6 Å². The fourth-order valence-electron chi connectivity index (χ4n) is 2.59. The van der Waals surface area contributed by atoms with Crippen molar-refractivity contribution in [2.75, 3.05) is 33.0 Å². The fraction of sp³-hybridized carbons (Fsp3) is 0.471. The quantitative estimate of drug-likeness (QED) is 0.191. The molecule has 216 valence electrons. The molecule has 2 saturated heterocycles. The lowest BCUT2D eigenvalue weighted by Gasteiger charge is -2.03. The highest BCUT2D eigenvalue weighted by Gasteiger charge is 2.23. The van der Waals surface area contributed by atoms with Crippen LogP contribution >= 0.6 is 0 Å². The highest BCUT2D eigenvalue weighted by molar-refractivity contribution is 5.22. The maximum atomic E-state index is 5.45. The molecule has 5 rings (SSSR count). The molecule has 3 aromatic carbocycles. The molecule has 2 atom stereocenters. The molecule has 3 aromatic rings. The van der Waals surface area contributed by atoms with Crippen molar-refractivity contribution >= 4 is 0 Å². The van der Waals surface area contributed by atoms with E-state index in [0.717, 1.165) is 43.5 Å². The zero-order valence-corrected chi connectivity index (χ0v) is 24.7. The number of hydrogen-bond acceptors (Lipinski definition) is 5. The molecular weight excluding hydrogens is 488 g/mol. The monoisotopic (exact) mass is 538 g/mol. The predicted octanol–water partition coefficient (Wildman–Crippen LogP) is 8.63. The van der Waals surface area contributed by atoms with Crippen LogP contribution in [0.25, 0.3) is 0 Å². The van der Waals surface area contributed by atoms with Crippen molar-refractivity contribution in [1.82, 2.24) is 0 Å². The molecular formula is C34H50O5. The van der Waals surface area contributed by atoms with Crippen molar-refractivity contribution in [3.05, 3.63) is 91.0 Å². The normalized spacial score (nSPS) is 15.6. The second-order valence-corrected chi connectivity index (χ2v) is 9.09. The van der Waals surface area contributed by atoms with E-state index in [0.29, 0.717) is 25.4 Å². The molecule has 2 aliphatic heterocycles. The van der Waals surface area contributed by atoms with Crippen LogP contribution < -0.4 is 14.2 Å². The van der Waals surface area contributed by atoms with Gasteiger partial charge in [-0.3, -0.25) is 0 Å². The summed E-state index contributed by atoms with van der Waals surface area (Å²) in [4.78, 5) is 0. The molecule has 0 bridgehead atoms. The van der Waals surface area contributed by atoms with Gasteiger partial charge in [0.15, 0.2) is 0 Å². The zero-order chi connectivity index (χ0) is 28.4. The summed E-state index contributed by atoms with van der Waals surface area (Å²) in [5.41, 5.74) is 0. The highest BCUT2D eigenvalue weighted by atomic mass is 16.6. The molecule has 0 saturated carbocycles. The molecule has 5 nitrogen and oxygen atoms in total. The summed E-state index contributed by atoms with van der Waals surface area (Å²) in [6.45, 7) is 14.6. The van der Waals surface area contributed by atoms with Gasteiger partial charge in [0, 0.05) is 0 Å². The van der Waals surface area contributed by atoms with Gasteiger partial charge in [0.1, 0.15) is 42.7 Å². The lowest BCUT2D eigenvalue weighted by atomic mass is 10.3. The summed E-state index contributed by atoms with van der Waals surface area (Å²) in [5, 5.41) is 0. The van der Waals surface area contributed by atoms with Gasteiger partial charge in [-0.1, -0.05) is 108 Å². The third kappa shape index (κ3) is 21.6. The maximum absolute atomic E-state index is 5.45. The van der Waals surface area contributed by atoms with Gasteiger partial charge in [-0.2, -0.15) is 0 Å². The largest absolute Gasteiger partial charge is 0.494 e. The van der Waals surface area contributed by atoms with Gasteiger partial charge in [-0.05, 0) is 42.8 Å². The summed E-state index contributed by atoms with van der Waals surface area (Å²) in [6.07, 6.45) is 5.51. The lowest BCUT2D eigenvalue weighted by Crippen LogP contribution is -2.03. The van der Waals surface area contributed by atoms with E-state index < -0.39 is 0 Å². The Morgan fingerprint density at radius 1 is 0.538 bits per heavy atom. The standard InChI is InChI=1S/C10H14O.2C9H10O2.2C3H8/c1-2-3-9-11-10-7-5-4-6-8-10;2*1-2-4-8(5-3-1)10-6-9-7-11-9;2*1-3-2/h4-8H,2-3,9H2,1H3;2*1-5,9H,6-7H2;2*3H2,1-2H3. The first-order chi connectivity index (χ1) is 19.2. The number of para-hydroxylation sites is 3. The van der Waals surface area contributed by atoms with Crippen molar-refractivity contribution in [1.29, 1.82) is 0 Å². The molecule has 0 amide bonds. The summed E-state index contributed by atoms with van der Waals surface area (Å²) < 4.78 is 26.3. The number of rotatable bonds is 10. The molecule has 0 aliphatic carbocycles. The van der Waals surface area contributed by atoms with Gasteiger partial charge >= 0.3 is 0 Å². The van der Waals surface area contributed by atoms with Crippen LogP contribution in [0.5, 0.6) is 17.2 Å². The van der Waals surface area contributed by atoms with Gasteiger partial charge in [0.05, 0.1) is 19.8 Å². The van der Waals surface area contributed by atoms with E-state index in [9.17, 15) is 0 Å². The number of unbranched alkanes of at least 4 members (excludes halogenated alkanes) is 1. The van der Waals surface area contributed by atoms with Gasteiger partial charge in [-0.25, -0.2) is 0 Å². The summed E-state index contributed by atoms with van der Waals surface area (Å²) in [7, 11) is 0. The smallest absolute Gasteiger partial charge is 0.119 e. The minimum atomic E-state index is 0.343. The Morgan fingerprint density at radius 2 is 0.846 bits per heavy atom. The Morgan fingerprint density at radius 3 is 1.13 bits per heavy atom. The van der Waals surface area contributed by atoms with Crippen LogP contribution in [0, 0.1) is 0 Å². The summed E-state index contributed by atoms with van der Waals surface area (Å²) in [6, 6.07) is 29.5. The first kappa shape index (κ1) is 34.0. The third-order valence-corrected chi connectivity index (χ3v) is 4.67. The second kappa shape index (κ2) is 24.1. The van der Waals surface area contributed by atoms with Crippen molar-refractivity contribution in [2.45, 2.75) is 72.5 Å². The van der Waals surface area contributed by atoms with Crippen molar-refractivity contribution in [2.24, 2.45) is 0 Å². The van der Waals surface area contributed by atoms with E-state index >= 15 is 0 Å². The van der Waals surface area contributed by atoms with Crippen LogP contribution in [0.3, 0.4) is 0 Å². The van der Waals surface area contributed by atoms with E-state index in [1.165, 1.54) is 19.3 Å². The zero-order valence-electron chi connectivity index (χ0n) is 24.7. The van der Waals surface area contributed by atoms with Crippen LogP contribution in [0.2, 0.25) is 0 Å². The molecule has 0 aromatic heterocycles. The van der Waals surface area contributed by atoms with Crippen molar-refractivity contribution in [3.8, 4) is 17.2 Å². The molecule has 0 radical (unpaired) electrons. The van der Waals surface area contributed by atoms with Gasteiger partial charge in [0.25, 0.3) is 0 Å². The van der Waals surface area contributed by atoms with E-state index in [-0.39, 0.29) is 0 Å². The van der Waals surface area contributed by atoms with Crippen LogP contribution in [-0.4, -0.2) is 45.2 Å². The van der Waals surface area contributed by atoms with Gasteiger partial charge in [-0.15, -0.1) is 0 Å². The summed E-state index contributed by atoms with van der Waals surface area (Å²) in [5.74, 6) is 2.81. The van der Waals surface area contributed by atoms with Crippen molar-refractivity contribution < 1.29 is 23.7 Å². The van der Waals surface area contributed by atoms with Gasteiger partial charge in [0.2, 0.25) is 0 Å². The van der Waals surface area contributed by atoms with Crippen LogP contribution in [0.15, 0.2) is 91.0 Å². The number of benzene rings is 3. The number of hydrogen-bond donors (Lipinski definition) is 0. The fourth-order valence-corrected chi connectivity index (χ4v) is 2.59. The van der Waals surface area contributed by atoms with E-state index in [4.69, 9.17) is 23.7 Å². The molecule has 39 heavy (non-hydrogen) atoms. The van der Waals surface area contributed by atoms with Crippen LogP contribution in [0.1, 0.15) is 60.3 Å². The Kier molecular flexibility index (Phi) is 21.0. The second-order valence-electron chi connectivity index (χ2n) is 9.09. The Hall–Kier alpha value is -3.02. The SMILES string of the molecule is CCC.CCC.CCCCOc1ccccc1.c1ccc(OCC2CO2)cc1.c1ccc(OCC2CO2)cc1. The topological polar surface area (TPSA) is 52.8 Å². The van der Waals surface area contributed by atoms with E-state index in [1.54, 1.807) is 0 Å². The average molecular weight is 539 g/mol. The third-order valence-electron chi connectivity index (χ3n) is 4.67. The average Bonchev–Trinajstić information content (AvgIpc) is 3.90. The van der Waals surface area contributed by atoms with Gasteiger partial charge < -0.3 is 23.7 Å². The molecule has 2 unspecified atom stereocenters. The van der Waals surface area contributed by atoms with Crippen LogP contribution in [0.4, 0.5) is 0 Å². The Bertz CT molecular complexity index is 828. The molecule has 2 fully saturated rings. The molecule has 0 N–H and O–H groups in total. The van der Waals surface area contributed by atoms with E-state index in [1.807, 2.05) is 91.0 Å². The number of ether oxygens (including phenoxy) is 5. The maximum Gasteiger partial charge on any atom is 0.119 e.